The van der Waals surface area contributed by atoms with Crippen LogP contribution in [0, 0.1) is 0 Å². The summed E-state index contributed by atoms with van der Waals surface area (Å²) >= 11 is 6.19. The molecule has 1 saturated heterocycles. The van der Waals surface area contributed by atoms with Crippen LogP contribution >= 0.6 is 11.6 Å². The Kier molecular flexibility index (Phi) is 6.60. The maximum atomic E-state index is 12.5. The van der Waals surface area contributed by atoms with Gasteiger partial charge in [0, 0.05) is 12.6 Å². The normalized spacial score (nSPS) is 17.6. The summed E-state index contributed by atoms with van der Waals surface area (Å²) in [4.78, 5) is 23.1. The molecule has 3 rings (SSSR count). The monoisotopic (exact) mass is 405 g/mol. The summed E-state index contributed by atoms with van der Waals surface area (Å²) in [6.45, 7) is 6.91. The summed E-state index contributed by atoms with van der Waals surface area (Å²) in [5, 5.41) is 0.270. The molecule has 0 radical (unpaired) electrons. The Morgan fingerprint density at radius 3 is 2.64 bits per heavy atom. The number of ether oxygens (including phenoxy) is 2. The summed E-state index contributed by atoms with van der Waals surface area (Å²) in [5.41, 5.74) is 1.02. The van der Waals surface area contributed by atoms with Gasteiger partial charge in [0.25, 0.3) is 5.88 Å². The van der Waals surface area contributed by atoms with Gasteiger partial charge in [-0.05, 0) is 65.0 Å². The van der Waals surface area contributed by atoms with E-state index in [9.17, 15) is 4.79 Å². The average molecular weight is 406 g/mol. The Hall–Kier alpha value is -2.08. The molecule has 0 saturated carbocycles. The van der Waals surface area contributed by atoms with E-state index < -0.39 is 5.60 Å². The molecule has 0 aliphatic carbocycles. The van der Waals surface area contributed by atoms with Crippen LogP contribution in [-0.4, -0.2) is 45.8 Å². The molecule has 1 aliphatic heterocycles. The van der Waals surface area contributed by atoms with E-state index in [-0.39, 0.29) is 17.3 Å². The van der Waals surface area contributed by atoms with Crippen molar-refractivity contribution in [1.29, 1.82) is 0 Å². The summed E-state index contributed by atoms with van der Waals surface area (Å²) in [6.07, 6.45) is 4.59. The van der Waals surface area contributed by atoms with Crippen molar-refractivity contribution in [2.75, 3.05) is 13.2 Å². The number of likely N-dealkylation sites (tertiary alicyclic amines) is 1. The molecular weight excluding hydrogens is 378 g/mol. The molecule has 7 heteroatoms. The van der Waals surface area contributed by atoms with Crippen molar-refractivity contribution in [2.45, 2.75) is 64.5 Å². The predicted octanol–water partition coefficient (Wildman–Crippen LogP) is 5.23. The lowest BCUT2D eigenvalue weighted by atomic mass is 9.98. The number of hydrogen-bond donors (Lipinski definition) is 0. The van der Waals surface area contributed by atoms with E-state index in [0.29, 0.717) is 12.5 Å². The first kappa shape index (κ1) is 20.6. The van der Waals surface area contributed by atoms with Gasteiger partial charge in [-0.25, -0.2) is 14.8 Å². The molecule has 2 heterocycles. The number of carbonyl (C=O) groups is 1. The van der Waals surface area contributed by atoms with Gasteiger partial charge in [0.15, 0.2) is 5.15 Å². The molecule has 2 aromatic rings. The molecule has 1 unspecified atom stereocenters. The van der Waals surface area contributed by atoms with Gasteiger partial charge < -0.3 is 14.4 Å². The van der Waals surface area contributed by atoms with E-state index in [1.54, 1.807) is 0 Å². The maximum Gasteiger partial charge on any atom is 0.410 e. The van der Waals surface area contributed by atoms with Gasteiger partial charge in [-0.3, -0.25) is 0 Å². The minimum atomic E-state index is -0.478. The third-order valence-corrected chi connectivity index (χ3v) is 4.92. The minimum Gasteiger partial charge on any atom is -0.475 e. The second kappa shape index (κ2) is 8.95. The van der Waals surface area contributed by atoms with E-state index in [1.807, 2.05) is 49.9 Å². The number of rotatable bonds is 5. The van der Waals surface area contributed by atoms with Gasteiger partial charge in [-0.15, -0.1) is 0 Å². The van der Waals surface area contributed by atoms with Crippen molar-refractivity contribution < 1.29 is 14.3 Å². The summed E-state index contributed by atoms with van der Waals surface area (Å²) in [6, 6.07) is 7.74. The standard InChI is InChI=1S/C21H28ClN3O3/c1-21(2,3)28-20(26)25-13-7-6-9-15(25)10-8-14-27-19-18(22)23-16-11-4-5-12-17(16)24-19/h4-5,11-12,15H,6-10,13-14H2,1-3H3. The zero-order valence-electron chi connectivity index (χ0n) is 16.8. The lowest BCUT2D eigenvalue weighted by molar-refractivity contribution is 0.00822. The first-order chi connectivity index (χ1) is 13.3. The van der Waals surface area contributed by atoms with Gasteiger partial charge in [0.05, 0.1) is 17.6 Å². The minimum absolute atomic E-state index is 0.186. The fourth-order valence-corrected chi connectivity index (χ4v) is 3.59. The summed E-state index contributed by atoms with van der Waals surface area (Å²) in [7, 11) is 0. The van der Waals surface area contributed by atoms with Crippen molar-refractivity contribution in [3.63, 3.8) is 0 Å². The molecule has 1 aromatic heterocycles. The molecular formula is C21H28ClN3O3. The van der Waals surface area contributed by atoms with Crippen LogP contribution in [0.2, 0.25) is 5.15 Å². The first-order valence-electron chi connectivity index (χ1n) is 9.88. The lowest BCUT2D eigenvalue weighted by Gasteiger charge is -2.36. The van der Waals surface area contributed by atoms with Crippen LogP contribution in [-0.2, 0) is 4.74 Å². The van der Waals surface area contributed by atoms with Gasteiger partial charge in [-0.2, -0.15) is 0 Å². The largest absolute Gasteiger partial charge is 0.475 e. The Morgan fingerprint density at radius 2 is 1.93 bits per heavy atom. The average Bonchev–Trinajstić information content (AvgIpc) is 2.64. The van der Waals surface area contributed by atoms with Crippen molar-refractivity contribution in [3.8, 4) is 5.88 Å². The highest BCUT2D eigenvalue weighted by molar-refractivity contribution is 6.31. The maximum absolute atomic E-state index is 12.5. The molecule has 6 nitrogen and oxygen atoms in total. The molecule has 1 fully saturated rings. The third kappa shape index (κ3) is 5.47. The highest BCUT2D eigenvalue weighted by Crippen LogP contribution is 2.25. The molecule has 28 heavy (non-hydrogen) atoms. The fourth-order valence-electron chi connectivity index (χ4n) is 3.40. The number of hydrogen-bond acceptors (Lipinski definition) is 5. The second-order valence-electron chi connectivity index (χ2n) is 8.12. The van der Waals surface area contributed by atoms with Crippen molar-refractivity contribution >= 4 is 28.7 Å². The number of fused-ring (bicyclic) bond motifs is 1. The summed E-state index contributed by atoms with van der Waals surface area (Å²) in [5.74, 6) is 0.355. The lowest BCUT2D eigenvalue weighted by Crippen LogP contribution is -2.46. The van der Waals surface area contributed by atoms with Crippen molar-refractivity contribution in [1.82, 2.24) is 14.9 Å². The fraction of sp³-hybridized carbons (Fsp3) is 0.571. The number of carbonyl (C=O) groups excluding carboxylic acids is 1. The van der Waals surface area contributed by atoms with Crippen LogP contribution in [0.15, 0.2) is 24.3 Å². The summed E-state index contributed by atoms with van der Waals surface area (Å²) < 4.78 is 11.3. The molecule has 0 bridgehead atoms. The van der Waals surface area contributed by atoms with E-state index >= 15 is 0 Å². The smallest absolute Gasteiger partial charge is 0.410 e. The zero-order chi connectivity index (χ0) is 20.1. The van der Waals surface area contributed by atoms with Gasteiger partial charge in [0.1, 0.15) is 5.60 Å². The van der Waals surface area contributed by atoms with E-state index in [0.717, 1.165) is 49.7 Å². The van der Waals surface area contributed by atoms with Gasteiger partial charge >= 0.3 is 6.09 Å². The van der Waals surface area contributed by atoms with Crippen LogP contribution in [0.3, 0.4) is 0 Å². The number of aromatic nitrogens is 2. The quantitative estimate of drug-likeness (QED) is 0.637. The number of para-hydroxylation sites is 2. The van der Waals surface area contributed by atoms with E-state index in [2.05, 4.69) is 9.97 Å². The number of piperidine rings is 1. The van der Waals surface area contributed by atoms with Crippen molar-refractivity contribution in [3.05, 3.63) is 29.4 Å². The highest BCUT2D eigenvalue weighted by atomic mass is 35.5. The van der Waals surface area contributed by atoms with Crippen LogP contribution in [0.1, 0.15) is 52.9 Å². The van der Waals surface area contributed by atoms with E-state index in [4.69, 9.17) is 21.1 Å². The molecule has 1 amide bonds. The molecule has 0 spiro atoms. The third-order valence-electron chi connectivity index (χ3n) is 4.67. The molecule has 1 aromatic carbocycles. The number of amides is 1. The SMILES string of the molecule is CC(C)(C)OC(=O)N1CCCCC1CCCOc1nc2ccccc2nc1Cl. The second-order valence-corrected chi connectivity index (χ2v) is 8.48. The zero-order valence-corrected chi connectivity index (χ0v) is 17.5. The van der Waals surface area contributed by atoms with Crippen LogP contribution in [0.4, 0.5) is 4.79 Å². The van der Waals surface area contributed by atoms with Crippen LogP contribution < -0.4 is 4.74 Å². The Bertz CT molecular complexity index is 822. The van der Waals surface area contributed by atoms with Gasteiger partial charge in [-0.1, -0.05) is 23.7 Å². The Balaban J connectivity index is 1.53. The topological polar surface area (TPSA) is 64.5 Å². The molecule has 0 N–H and O–H groups in total. The molecule has 1 aliphatic rings. The van der Waals surface area contributed by atoms with Crippen LogP contribution in [0.25, 0.3) is 11.0 Å². The predicted molar refractivity (Wildman–Crippen MR) is 110 cm³/mol. The number of nitrogens with zero attached hydrogens (tertiary/aromatic N) is 3. The number of halogens is 1. The Morgan fingerprint density at radius 1 is 1.21 bits per heavy atom. The molecule has 152 valence electrons. The highest BCUT2D eigenvalue weighted by Gasteiger charge is 2.30. The number of benzene rings is 1. The van der Waals surface area contributed by atoms with E-state index in [1.165, 1.54) is 0 Å². The molecule has 1 atom stereocenters. The van der Waals surface area contributed by atoms with Gasteiger partial charge in [0.2, 0.25) is 0 Å². The first-order valence-corrected chi connectivity index (χ1v) is 10.3. The Labute approximate surface area is 171 Å². The van der Waals surface area contributed by atoms with Crippen molar-refractivity contribution in [2.24, 2.45) is 0 Å². The van der Waals surface area contributed by atoms with Crippen LogP contribution in [0.5, 0.6) is 5.88 Å².